The molecule has 0 aromatic carbocycles. The fourth-order valence-electron chi connectivity index (χ4n) is 0.192. The SMILES string of the molecule is O=C(O)CS.O=C(O)CS.OCCSSCCO. The quantitative estimate of drug-likeness (QED) is 0.224. The van der Waals surface area contributed by atoms with E-state index >= 15 is 0 Å². The number of thiol groups is 2. The van der Waals surface area contributed by atoms with Crippen molar-refractivity contribution in [2.75, 3.05) is 36.2 Å². The summed E-state index contributed by atoms with van der Waals surface area (Å²) in [4.78, 5) is 18.6. The molecule has 0 aliphatic rings. The Bertz CT molecular complexity index is 172. The molecule has 0 aromatic rings. The molecule has 0 aliphatic heterocycles. The van der Waals surface area contributed by atoms with Crippen LogP contribution in [0.15, 0.2) is 0 Å². The van der Waals surface area contributed by atoms with E-state index in [1.54, 1.807) is 21.6 Å². The van der Waals surface area contributed by atoms with E-state index in [1.165, 1.54) is 0 Å². The van der Waals surface area contributed by atoms with E-state index in [0.717, 1.165) is 11.5 Å². The van der Waals surface area contributed by atoms with E-state index in [1.807, 2.05) is 0 Å². The van der Waals surface area contributed by atoms with Crippen LogP contribution in [-0.2, 0) is 9.59 Å². The third kappa shape index (κ3) is 44.2. The Labute approximate surface area is 125 Å². The standard InChI is InChI=1S/C4H10O2S2.2C2H4O2S/c5-1-3-7-8-4-2-6;2*3-2(4)1-5/h5-6H,1-4H2;2*5H,1H2,(H,3,4). The summed E-state index contributed by atoms with van der Waals surface area (Å²) in [5.74, 6) is -0.420. The minimum absolute atomic E-state index is 0.0833. The average molecular weight is 338 g/mol. The zero-order valence-corrected chi connectivity index (χ0v) is 13.0. The fourth-order valence-corrected chi connectivity index (χ4v) is 1.73. The van der Waals surface area contributed by atoms with Crippen molar-refractivity contribution in [3.05, 3.63) is 0 Å². The molecule has 10 heteroatoms. The molecule has 0 aliphatic carbocycles. The fraction of sp³-hybridized carbons (Fsp3) is 0.750. The molecule has 0 bridgehead atoms. The number of carboxylic acid groups (broad SMARTS) is 2. The normalized spacial score (nSPS) is 8.44. The summed E-state index contributed by atoms with van der Waals surface area (Å²) < 4.78 is 0. The van der Waals surface area contributed by atoms with Gasteiger partial charge < -0.3 is 20.4 Å². The first-order valence-corrected chi connectivity index (χ1v) is 8.32. The molecule has 0 spiro atoms. The van der Waals surface area contributed by atoms with Crippen molar-refractivity contribution in [1.82, 2.24) is 0 Å². The van der Waals surface area contributed by atoms with Crippen molar-refractivity contribution in [3.8, 4) is 0 Å². The van der Waals surface area contributed by atoms with Crippen LogP contribution in [0.4, 0.5) is 0 Å². The Balaban J connectivity index is -0.000000197. The highest BCUT2D eigenvalue weighted by Gasteiger charge is 1.85. The zero-order valence-electron chi connectivity index (χ0n) is 9.56. The summed E-state index contributed by atoms with van der Waals surface area (Å²) in [5.41, 5.74) is 0. The molecule has 0 heterocycles. The lowest BCUT2D eigenvalue weighted by atomic mass is 10.8. The predicted octanol–water partition coefficient (Wildman–Crippen LogP) is 0.354. The number of hydrogen-bond donors (Lipinski definition) is 6. The minimum atomic E-state index is -0.881. The molecule has 0 amide bonds. The largest absolute Gasteiger partial charge is 0.481 e. The Morgan fingerprint density at radius 2 is 1.06 bits per heavy atom. The van der Waals surface area contributed by atoms with Gasteiger partial charge in [0.25, 0.3) is 0 Å². The van der Waals surface area contributed by atoms with Gasteiger partial charge in [-0.15, -0.1) is 0 Å². The molecule has 18 heavy (non-hydrogen) atoms. The highest BCUT2D eigenvalue weighted by molar-refractivity contribution is 8.76. The monoisotopic (exact) mass is 338 g/mol. The summed E-state index contributed by atoms with van der Waals surface area (Å²) in [6, 6.07) is 0. The van der Waals surface area contributed by atoms with Crippen molar-refractivity contribution >= 4 is 58.8 Å². The first-order valence-electron chi connectivity index (χ1n) is 4.57. The molecule has 0 saturated heterocycles. The van der Waals surface area contributed by atoms with Gasteiger partial charge >= 0.3 is 11.9 Å². The van der Waals surface area contributed by atoms with Crippen molar-refractivity contribution in [2.24, 2.45) is 0 Å². The van der Waals surface area contributed by atoms with E-state index < -0.39 is 11.9 Å². The zero-order chi connectivity index (χ0) is 14.8. The second-order valence-corrected chi connectivity index (χ2v) is 5.53. The minimum Gasteiger partial charge on any atom is -0.481 e. The Hall–Kier alpha value is 0.260. The summed E-state index contributed by atoms with van der Waals surface area (Å²) >= 11 is 6.83. The van der Waals surface area contributed by atoms with E-state index in [2.05, 4.69) is 25.3 Å². The summed E-state index contributed by atoms with van der Waals surface area (Å²) in [7, 11) is 3.17. The first-order chi connectivity index (χ1) is 8.45. The average Bonchev–Trinajstić information content (AvgIpc) is 2.36. The number of carboxylic acids is 2. The predicted molar refractivity (Wildman–Crippen MR) is 82.1 cm³/mol. The van der Waals surface area contributed by atoms with Crippen LogP contribution in [0.2, 0.25) is 0 Å². The highest BCUT2D eigenvalue weighted by atomic mass is 33.1. The van der Waals surface area contributed by atoms with Crippen molar-refractivity contribution in [2.45, 2.75) is 0 Å². The highest BCUT2D eigenvalue weighted by Crippen LogP contribution is 2.18. The van der Waals surface area contributed by atoms with Crippen LogP contribution in [0.3, 0.4) is 0 Å². The Morgan fingerprint density at radius 3 is 1.17 bits per heavy atom. The number of aliphatic carboxylic acids is 2. The lowest BCUT2D eigenvalue weighted by Crippen LogP contribution is -1.92. The maximum atomic E-state index is 9.29. The summed E-state index contributed by atoms with van der Waals surface area (Å²) in [5, 5.41) is 31.8. The number of rotatable bonds is 7. The van der Waals surface area contributed by atoms with Crippen LogP contribution in [0.5, 0.6) is 0 Å². The van der Waals surface area contributed by atoms with E-state index in [0.29, 0.717) is 0 Å². The Morgan fingerprint density at radius 1 is 0.833 bits per heavy atom. The van der Waals surface area contributed by atoms with Crippen molar-refractivity contribution in [1.29, 1.82) is 0 Å². The second-order valence-electron chi connectivity index (χ2n) is 2.19. The van der Waals surface area contributed by atoms with Gasteiger partial charge in [-0.05, 0) is 0 Å². The van der Waals surface area contributed by atoms with Crippen molar-refractivity contribution < 1.29 is 30.0 Å². The van der Waals surface area contributed by atoms with Crippen LogP contribution < -0.4 is 0 Å². The lowest BCUT2D eigenvalue weighted by Gasteiger charge is -1.93. The van der Waals surface area contributed by atoms with Crippen LogP contribution in [0, 0.1) is 0 Å². The molecule has 0 unspecified atom stereocenters. The van der Waals surface area contributed by atoms with Crippen LogP contribution in [0.25, 0.3) is 0 Å². The number of carbonyl (C=O) groups is 2. The van der Waals surface area contributed by atoms with Gasteiger partial charge in [0.2, 0.25) is 0 Å². The molecular formula is C8H18O6S4. The molecule has 0 saturated carbocycles. The first kappa shape index (κ1) is 23.4. The summed E-state index contributed by atoms with van der Waals surface area (Å²) in [6.45, 7) is 0.451. The van der Waals surface area contributed by atoms with E-state index in [9.17, 15) is 9.59 Å². The molecule has 110 valence electrons. The molecule has 0 aromatic heterocycles. The topological polar surface area (TPSA) is 115 Å². The van der Waals surface area contributed by atoms with Gasteiger partial charge in [0.05, 0.1) is 24.7 Å². The number of hydrogen-bond acceptors (Lipinski definition) is 8. The smallest absolute Gasteiger partial charge is 0.313 e. The third-order valence-corrected chi connectivity index (χ3v) is 3.61. The van der Waals surface area contributed by atoms with Crippen LogP contribution in [0.1, 0.15) is 0 Å². The molecule has 0 radical (unpaired) electrons. The van der Waals surface area contributed by atoms with Crippen molar-refractivity contribution in [3.63, 3.8) is 0 Å². The molecular weight excluding hydrogens is 320 g/mol. The maximum Gasteiger partial charge on any atom is 0.313 e. The van der Waals surface area contributed by atoms with E-state index in [-0.39, 0.29) is 24.7 Å². The maximum absolute atomic E-state index is 9.29. The van der Waals surface area contributed by atoms with Crippen LogP contribution in [-0.4, -0.2) is 68.6 Å². The molecule has 0 atom stereocenters. The lowest BCUT2D eigenvalue weighted by molar-refractivity contribution is -0.134. The van der Waals surface area contributed by atoms with Gasteiger partial charge in [-0.1, -0.05) is 21.6 Å². The third-order valence-electron chi connectivity index (χ3n) is 0.703. The Kier molecular flexibility index (Phi) is 29.1. The van der Waals surface area contributed by atoms with Gasteiger partial charge in [-0.25, -0.2) is 0 Å². The van der Waals surface area contributed by atoms with Crippen LogP contribution >= 0.6 is 46.8 Å². The van der Waals surface area contributed by atoms with Gasteiger partial charge in [0.15, 0.2) is 0 Å². The van der Waals surface area contributed by atoms with Gasteiger partial charge in [-0.2, -0.15) is 25.3 Å². The van der Waals surface area contributed by atoms with Gasteiger partial charge in [0.1, 0.15) is 0 Å². The van der Waals surface area contributed by atoms with Gasteiger partial charge in [0, 0.05) is 11.5 Å². The molecule has 0 fully saturated rings. The molecule has 0 rings (SSSR count). The van der Waals surface area contributed by atoms with Gasteiger partial charge in [-0.3, -0.25) is 9.59 Å². The molecule has 4 N–H and O–H groups in total. The summed E-state index contributed by atoms with van der Waals surface area (Å²) in [6.07, 6.45) is 0. The van der Waals surface area contributed by atoms with E-state index in [4.69, 9.17) is 20.4 Å². The number of aliphatic hydroxyl groups is 2. The number of aliphatic hydroxyl groups excluding tert-OH is 2. The molecule has 6 nitrogen and oxygen atoms in total. The second kappa shape index (κ2) is 22.4.